The Hall–Kier alpha value is -2.26. The fourth-order valence-corrected chi connectivity index (χ4v) is 2.50. The Bertz CT molecular complexity index is 750. The van der Waals surface area contributed by atoms with Gasteiger partial charge in [-0.2, -0.15) is 0 Å². The second-order valence-electron chi connectivity index (χ2n) is 4.62. The van der Waals surface area contributed by atoms with Gasteiger partial charge in [0.2, 0.25) is 0 Å². The van der Waals surface area contributed by atoms with Crippen LogP contribution in [0.4, 0.5) is 5.82 Å². The zero-order valence-corrected chi connectivity index (χ0v) is 11.7. The largest absolute Gasteiger partial charge is 0.380 e. The molecule has 4 heteroatoms. The lowest BCUT2D eigenvalue weighted by Gasteiger charge is -2.05. The maximum absolute atomic E-state index is 6.30. The van der Waals surface area contributed by atoms with Crippen molar-refractivity contribution in [3.63, 3.8) is 0 Å². The minimum atomic E-state index is 0.364. The number of nitrogens with zero attached hydrogens (tertiary/aromatic N) is 1. The predicted octanol–water partition coefficient (Wildman–Crippen LogP) is 4.55. The first-order valence-electron chi connectivity index (χ1n) is 6.24. The van der Waals surface area contributed by atoms with Crippen LogP contribution in [-0.4, -0.2) is 5.16 Å². The van der Waals surface area contributed by atoms with Gasteiger partial charge in [-0.1, -0.05) is 53.2 Å². The molecule has 2 aromatic carbocycles. The molecule has 0 fully saturated rings. The number of nitrogen functional groups attached to an aromatic ring is 1. The molecular formula is C16H13ClN2O. The quantitative estimate of drug-likeness (QED) is 0.751. The summed E-state index contributed by atoms with van der Waals surface area (Å²) in [6.07, 6.45) is 0. The van der Waals surface area contributed by atoms with Crippen molar-refractivity contribution in [3.05, 3.63) is 59.1 Å². The van der Waals surface area contributed by atoms with E-state index >= 15 is 0 Å². The second-order valence-corrected chi connectivity index (χ2v) is 5.03. The van der Waals surface area contributed by atoms with Crippen LogP contribution in [-0.2, 0) is 0 Å². The van der Waals surface area contributed by atoms with E-state index in [0.29, 0.717) is 16.6 Å². The Morgan fingerprint density at radius 3 is 2.55 bits per heavy atom. The lowest BCUT2D eigenvalue weighted by molar-refractivity contribution is 0.436. The third-order valence-electron chi connectivity index (χ3n) is 3.15. The van der Waals surface area contributed by atoms with Crippen molar-refractivity contribution in [2.45, 2.75) is 6.92 Å². The molecule has 0 spiro atoms. The van der Waals surface area contributed by atoms with E-state index in [1.807, 2.05) is 55.5 Å². The van der Waals surface area contributed by atoms with E-state index in [1.165, 1.54) is 0 Å². The minimum Gasteiger partial charge on any atom is -0.380 e. The maximum Gasteiger partial charge on any atom is 0.178 e. The van der Waals surface area contributed by atoms with Crippen LogP contribution in [0.2, 0.25) is 5.02 Å². The molecule has 0 saturated heterocycles. The van der Waals surface area contributed by atoms with Crippen molar-refractivity contribution >= 4 is 17.4 Å². The van der Waals surface area contributed by atoms with Crippen LogP contribution in [0.15, 0.2) is 53.1 Å². The molecule has 100 valence electrons. The zero-order valence-electron chi connectivity index (χ0n) is 10.9. The van der Waals surface area contributed by atoms with Crippen molar-refractivity contribution in [2.24, 2.45) is 0 Å². The highest BCUT2D eigenvalue weighted by Gasteiger charge is 2.19. The van der Waals surface area contributed by atoms with Gasteiger partial charge in [-0.05, 0) is 30.2 Å². The molecule has 0 bridgehead atoms. The predicted molar refractivity (Wildman–Crippen MR) is 81.5 cm³/mol. The molecule has 0 unspecified atom stereocenters. The Morgan fingerprint density at radius 2 is 1.85 bits per heavy atom. The normalized spacial score (nSPS) is 10.7. The third kappa shape index (κ3) is 2.17. The number of halogens is 1. The van der Waals surface area contributed by atoms with Gasteiger partial charge in [-0.25, -0.2) is 0 Å². The van der Waals surface area contributed by atoms with E-state index in [1.54, 1.807) is 0 Å². The van der Waals surface area contributed by atoms with Crippen LogP contribution in [0.3, 0.4) is 0 Å². The Kier molecular flexibility index (Phi) is 3.20. The molecule has 3 rings (SSSR count). The summed E-state index contributed by atoms with van der Waals surface area (Å²) in [7, 11) is 0. The number of aryl methyl sites for hydroxylation is 1. The summed E-state index contributed by atoms with van der Waals surface area (Å²) in [5.74, 6) is 0.960. The molecule has 0 saturated carbocycles. The summed E-state index contributed by atoms with van der Waals surface area (Å²) in [6.45, 7) is 1.99. The molecule has 0 atom stereocenters. The van der Waals surface area contributed by atoms with Crippen molar-refractivity contribution < 1.29 is 4.52 Å². The summed E-state index contributed by atoms with van der Waals surface area (Å²) in [5.41, 5.74) is 9.56. The third-order valence-corrected chi connectivity index (χ3v) is 3.46. The first-order valence-corrected chi connectivity index (χ1v) is 6.61. The van der Waals surface area contributed by atoms with Gasteiger partial charge in [0, 0.05) is 5.56 Å². The van der Waals surface area contributed by atoms with Crippen LogP contribution in [0, 0.1) is 6.92 Å². The summed E-state index contributed by atoms with van der Waals surface area (Å²) in [5, 5.41) is 4.50. The van der Waals surface area contributed by atoms with E-state index in [4.69, 9.17) is 21.9 Å². The van der Waals surface area contributed by atoms with Crippen molar-refractivity contribution in [2.75, 3.05) is 5.73 Å². The van der Waals surface area contributed by atoms with Crippen LogP contribution in [0.1, 0.15) is 5.56 Å². The Labute approximate surface area is 122 Å². The Morgan fingerprint density at radius 1 is 1.10 bits per heavy atom. The molecule has 1 heterocycles. The zero-order chi connectivity index (χ0) is 14.1. The SMILES string of the molecule is Cc1ccc(-c2onc(N)c2-c2ccccc2)c(Cl)c1. The number of hydrogen-bond acceptors (Lipinski definition) is 3. The van der Waals surface area contributed by atoms with E-state index in [9.17, 15) is 0 Å². The highest BCUT2D eigenvalue weighted by molar-refractivity contribution is 6.33. The molecule has 3 aromatic rings. The smallest absolute Gasteiger partial charge is 0.178 e. The molecule has 2 N–H and O–H groups in total. The highest BCUT2D eigenvalue weighted by atomic mass is 35.5. The Balaban J connectivity index is 2.21. The molecule has 0 aliphatic heterocycles. The number of rotatable bonds is 2. The number of anilines is 1. The van der Waals surface area contributed by atoms with Gasteiger partial charge in [0.05, 0.1) is 10.6 Å². The first-order chi connectivity index (χ1) is 9.66. The molecule has 1 aromatic heterocycles. The average molecular weight is 285 g/mol. The van der Waals surface area contributed by atoms with Gasteiger partial charge in [-0.15, -0.1) is 0 Å². The van der Waals surface area contributed by atoms with E-state index in [2.05, 4.69) is 5.16 Å². The molecule has 0 radical (unpaired) electrons. The average Bonchev–Trinajstić information content (AvgIpc) is 2.81. The molecule has 0 amide bonds. The molecule has 0 aliphatic carbocycles. The summed E-state index contributed by atoms with van der Waals surface area (Å²) in [6, 6.07) is 15.6. The van der Waals surface area contributed by atoms with Crippen molar-refractivity contribution in [3.8, 4) is 22.5 Å². The number of nitrogens with two attached hydrogens (primary N) is 1. The maximum atomic E-state index is 6.30. The minimum absolute atomic E-state index is 0.364. The van der Waals surface area contributed by atoms with E-state index in [-0.39, 0.29) is 0 Å². The summed E-state index contributed by atoms with van der Waals surface area (Å²) in [4.78, 5) is 0. The standard InChI is InChI=1S/C16H13ClN2O/c1-10-7-8-12(13(17)9-10)15-14(16(18)19-20-15)11-5-3-2-4-6-11/h2-9H,1H3,(H2,18,19). The van der Waals surface area contributed by atoms with E-state index in [0.717, 1.165) is 22.3 Å². The van der Waals surface area contributed by atoms with Crippen molar-refractivity contribution in [1.29, 1.82) is 0 Å². The molecule has 3 nitrogen and oxygen atoms in total. The van der Waals surface area contributed by atoms with Gasteiger partial charge in [-0.3, -0.25) is 0 Å². The molecule has 20 heavy (non-hydrogen) atoms. The summed E-state index contributed by atoms with van der Waals surface area (Å²) >= 11 is 6.30. The number of benzene rings is 2. The monoisotopic (exact) mass is 284 g/mol. The lowest BCUT2D eigenvalue weighted by atomic mass is 10.0. The van der Waals surface area contributed by atoms with Gasteiger partial charge in [0.25, 0.3) is 0 Å². The van der Waals surface area contributed by atoms with Crippen LogP contribution in [0.25, 0.3) is 22.5 Å². The highest BCUT2D eigenvalue weighted by Crippen LogP contribution is 2.39. The van der Waals surface area contributed by atoms with E-state index < -0.39 is 0 Å². The van der Waals surface area contributed by atoms with Crippen molar-refractivity contribution in [1.82, 2.24) is 5.16 Å². The van der Waals surface area contributed by atoms with Gasteiger partial charge < -0.3 is 10.3 Å². The first kappa shape index (κ1) is 12.8. The number of aromatic nitrogens is 1. The lowest BCUT2D eigenvalue weighted by Crippen LogP contribution is -1.89. The van der Waals surface area contributed by atoms with Gasteiger partial charge in [0.1, 0.15) is 0 Å². The van der Waals surface area contributed by atoms with Crippen LogP contribution in [0.5, 0.6) is 0 Å². The van der Waals surface area contributed by atoms with Crippen LogP contribution < -0.4 is 5.73 Å². The second kappa shape index (κ2) is 5.02. The molecular weight excluding hydrogens is 272 g/mol. The number of hydrogen-bond donors (Lipinski definition) is 1. The topological polar surface area (TPSA) is 52.0 Å². The molecule has 0 aliphatic rings. The van der Waals surface area contributed by atoms with Gasteiger partial charge in [0.15, 0.2) is 11.6 Å². The fraction of sp³-hybridized carbons (Fsp3) is 0.0625. The van der Waals surface area contributed by atoms with Gasteiger partial charge >= 0.3 is 0 Å². The van der Waals surface area contributed by atoms with Crippen LogP contribution >= 0.6 is 11.6 Å². The summed E-state index contributed by atoms with van der Waals surface area (Å²) < 4.78 is 5.40. The fourth-order valence-electron chi connectivity index (χ4n) is 2.17.